The summed E-state index contributed by atoms with van der Waals surface area (Å²) in [4.78, 5) is 30.6. The fraction of sp³-hybridized carbons (Fsp3) is 0.619. The van der Waals surface area contributed by atoms with Gasteiger partial charge in [0.2, 0.25) is 11.8 Å². The summed E-state index contributed by atoms with van der Waals surface area (Å²) in [5.74, 6) is -0.0127. The lowest BCUT2D eigenvalue weighted by Crippen LogP contribution is -2.52. The molecule has 0 spiro atoms. The average molecular weight is 375 g/mol. The molecule has 0 N–H and O–H groups in total. The molecule has 27 heavy (non-hydrogen) atoms. The van der Waals surface area contributed by atoms with E-state index in [-0.39, 0.29) is 23.7 Å². The van der Waals surface area contributed by atoms with E-state index < -0.39 is 0 Å². The third-order valence-electron chi connectivity index (χ3n) is 5.78. The molecule has 1 aromatic carbocycles. The van der Waals surface area contributed by atoms with Crippen molar-refractivity contribution in [3.8, 4) is 0 Å². The molecule has 0 radical (unpaired) electrons. The average Bonchev–Trinajstić information content (AvgIpc) is 2.68. The lowest BCUT2D eigenvalue weighted by molar-refractivity contribution is -0.137. The third-order valence-corrected chi connectivity index (χ3v) is 5.78. The quantitative estimate of drug-likeness (QED) is 0.795. The van der Waals surface area contributed by atoms with Crippen LogP contribution in [0, 0.1) is 5.82 Å². The lowest BCUT2D eigenvalue weighted by Gasteiger charge is -2.38. The summed E-state index contributed by atoms with van der Waals surface area (Å²) in [5.41, 5.74) is 0.969. The van der Waals surface area contributed by atoms with Crippen LogP contribution in [0.5, 0.6) is 0 Å². The van der Waals surface area contributed by atoms with Crippen molar-refractivity contribution in [3.63, 3.8) is 0 Å². The number of piperazine rings is 1. The Morgan fingerprint density at radius 3 is 2.26 bits per heavy atom. The minimum absolute atomic E-state index is 0.0983. The molecule has 0 bridgehead atoms. The minimum Gasteiger partial charge on any atom is -0.340 e. The van der Waals surface area contributed by atoms with E-state index in [2.05, 4.69) is 4.90 Å². The number of nitrogens with zero attached hydrogens (tertiary/aromatic N) is 3. The maximum atomic E-state index is 13.2. The van der Waals surface area contributed by atoms with Crippen LogP contribution in [-0.4, -0.2) is 65.3 Å². The largest absolute Gasteiger partial charge is 0.340 e. The summed E-state index contributed by atoms with van der Waals surface area (Å²) >= 11 is 0. The van der Waals surface area contributed by atoms with E-state index in [1.165, 1.54) is 18.6 Å². The number of hydrogen-bond acceptors (Lipinski definition) is 3. The van der Waals surface area contributed by atoms with E-state index in [0.29, 0.717) is 26.2 Å². The first-order chi connectivity index (χ1) is 13.0. The fourth-order valence-corrected chi connectivity index (χ4v) is 4.10. The van der Waals surface area contributed by atoms with Gasteiger partial charge in [0.05, 0.1) is 6.54 Å². The van der Waals surface area contributed by atoms with Crippen LogP contribution in [-0.2, 0) is 16.1 Å². The van der Waals surface area contributed by atoms with Gasteiger partial charge in [0, 0.05) is 45.7 Å². The molecule has 148 valence electrons. The maximum Gasteiger partial charge on any atom is 0.237 e. The van der Waals surface area contributed by atoms with E-state index in [4.69, 9.17) is 0 Å². The molecule has 1 aliphatic carbocycles. The molecule has 1 saturated carbocycles. The Hall–Kier alpha value is -1.95. The molecule has 3 rings (SSSR count). The Labute approximate surface area is 161 Å². The van der Waals surface area contributed by atoms with Gasteiger partial charge in [0.1, 0.15) is 5.82 Å². The number of halogens is 1. The monoisotopic (exact) mass is 375 g/mol. The van der Waals surface area contributed by atoms with E-state index in [1.807, 2.05) is 9.80 Å². The highest BCUT2D eigenvalue weighted by Gasteiger charge is 2.28. The zero-order valence-electron chi connectivity index (χ0n) is 16.2. The van der Waals surface area contributed by atoms with Crippen LogP contribution in [0.25, 0.3) is 0 Å². The van der Waals surface area contributed by atoms with Crippen molar-refractivity contribution in [1.29, 1.82) is 0 Å². The van der Waals surface area contributed by atoms with Crippen molar-refractivity contribution in [3.05, 3.63) is 35.6 Å². The van der Waals surface area contributed by atoms with Crippen molar-refractivity contribution >= 4 is 11.8 Å². The molecule has 1 heterocycles. The van der Waals surface area contributed by atoms with E-state index >= 15 is 0 Å². The van der Waals surface area contributed by atoms with Gasteiger partial charge in [-0.25, -0.2) is 4.39 Å². The minimum atomic E-state index is -0.252. The van der Waals surface area contributed by atoms with Crippen LogP contribution in [0.15, 0.2) is 24.3 Å². The second-order valence-electron chi connectivity index (χ2n) is 7.72. The predicted octanol–water partition coefficient (Wildman–Crippen LogP) is 2.65. The van der Waals surface area contributed by atoms with Gasteiger partial charge in [0.25, 0.3) is 0 Å². The molecule has 2 amide bonds. The van der Waals surface area contributed by atoms with Crippen LogP contribution < -0.4 is 0 Å². The van der Waals surface area contributed by atoms with Gasteiger partial charge in [-0.1, -0.05) is 31.4 Å². The van der Waals surface area contributed by atoms with Crippen LogP contribution in [0.3, 0.4) is 0 Å². The van der Waals surface area contributed by atoms with Gasteiger partial charge in [-0.2, -0.15) is 0 Å². The Bertz CT molecular complexity index is 635. The van der Waals surface area contributed by atoms with Crippen LogP contribution >= 0.6 is 0 Å². The van der Waals surface area contributed by atoms with Crippen molar-refractivity contribution in [2.75, 3.05) is 32.7 Å². The van der Waals surface area contributed by atoms with Gasteiger partial charge in [0.15, 0.2) is 0 Å². The number of benzene rings is 1. The first-order valence-corrected chi connectivity index (χ1v) is 10.0. The second-order valence-corrected chi connectivity index (χ2v) is 7.72. The summed E-state index contributed by atoms with van der Waals surface area (Å²) < 4.78 is 13.2. The first-order valence-electron chi connectivity index (χ1n) is 10.0. The first kappa shape index (κ1) is 19.8. The van der Waals surface area contributed by atoms with Crippen LogP contribution in [0.2, 0.25) is 0 Å². The summed E-state index contributed by atoms with van der Waals surface area (Å²) in [7, 11) is 0. The lowest BCUT2D eigenvalue weighted by atomic mass is 9.93. The van der Waals surface area contributed by atoms with E-state index in [1.54, 1.807) is 19.1 Å². The summed E-state index contributed by atoms with van der Waals surface area (Å²) in [5, 5.41) is 0. The van der Waals surface area contributed by atoms with Crippen molar-refractivity contribution in [2.24, 2.45) is 0 Å². The predicted molar refractivity (Wildman–Crippen MR) is 103 cm³/mol. The Morgan fingerprint density at radius 1 is 1.04 bits per heavy atom. The molecule has 1 aromatic rings. The number of amides is 2. The number of carbonyl (C=O) groups excluding carboxylic acids is 2. The number of rotatable bonds is 5. The Balaban J connectivity index is 1.63. The van der Waals surface area contributed by atoms with Gasteiger partial charge < -0.3 is 9.80 Å². The molecule has 0 unspecified atom stereocenters. The molecule has 2 fully saturated rings. The maximum absolute atomic E-state index is 13.2. The molecule has 2 aliphatic rings. The highest BCUT2D eigenvalue weighted by atomic mass is 19.1. The highest BCUT2D eigenvalue weighted by Crippen LogP contribution is 2.24. The van der Waals surface area contributed by atoms with E-state index in [9.17, 15) is 14.0 Å². The summed E-state index contributed by atoms with van der Waals surface area (Å²) in [6.07, 6.45) is 5.66. The smallest absolute Gasteiger partial charge is 0.237 e. The normalized spacial score (nSPS) is 19.1. The molecule has 0 aromatic heterocycles. The standard InChI is InChI=1S/C21H30FN3O2/c1-17(26)24-13-11-23(12-14-24)16-21(27)25(20-5-3-2-4-6-20)15-18-7-9-19(22)10-8-18/h7-10,20H,2-6,11-16H2,1H3. The van der Waals surface area contributed by atoms with Gasteiger partial charge >= 0.3 is 0 Å². The summed E-state index contributed by atoms with van der Waals surface area (Å²) in [6.45, 7) is 5.36. The van der Waals surface area contributed by atoms with Gasteiger partial charge in [-0.05, 0) is 30.5 Å². The third kappa shape index (κ3) is 5.51. The SMILES string of the molecule is CC(=O)N1CCN(CC(=O)N(Cc2ccc(F)cc2)C2CCCCC2)CC1. The number of hydrogen-bond donors (Lipinski definition) is 0. The van der Waals surface area contributed by atoms with Crippen LogP contribution in [0.4, 0.5) is 4.39 Å². The molecule has 6 heteroatoms. The molecule has 1 saturated heterocycles. The molecule has 5 nitrogen and oxygen atoms in total. The van der Waals surface area contributed by atoms with Gasteiger partial charge in [-0.3, -0.25) is 14.5 Å². The van der Waals surface area contributed by atoms with Crippen LogP contribution in [0.1, 0.15) is 44.6 Å². The second kappa shape index (κ2) is 9.31. The molecule has 0 atom stereocenters. The van der Waals surface area contributed by atoms with Gasteiger partial charge in [-0.15, -0.1) is 0 Å². The Morgan fingerprint density at radius 2 is 1.67 bits per heavy atom. The topological polar surface area (TPSA) is 43.9 Å². The molecular weight excluding hydrogens is 345 g/mol. The molecular formula is C21H30FN3O2. The zero-order valence-corrected chi connectivity index (χ0v) is 16.2. The molecule has 1 aliphatic heterocycles. The van der Waals surface area contributed by atoms with Crippen molar-refractivity contribution in [2.45, 2.75) is 51.6 Å². The van der Waals surface area contributed by atoms with Crippen molar-refractivity contribution < 1.29 is 14.0 Å². The highest BCUT2D eigenvalue weighted by molar-refractivity contribution is 5.79. The fourth-order valence-electron chi connectivity index (χ4n) is 4.10. The van der Waals surface area contributed by atoms with E-state index in [0.717, 1.165) is 44.3 Å². The Kier molecular flexibility index (Phi) is 6.83. The number of carbonyl (C=O) groups is 2. The van der Waals surface area contributed by atoms with Crippen molar-refractivity contribution in [1.82, 2.24) is 14.7 Å². The summed E-state index contributed by atoms with van der Waals surface area (Å²) in [6, 6.07) is 6.73. The zero-order chi connectivity index (χ0) is 19.2.